The largest absolute Gasteiger partial charge is 0.484 e. The predicted molar refractivity (Wildman–Crippen MR) is 56.7 cm³/mol. The van der Waals surface area contributed by atoms with Gasteiger partial charge in [-0.15, -0.1) is 0 Å². The lowest BCUT2D eigenvalue weighted by molar-refractivity contribution is 0.390. The van der Waals surface area contributed by atoms with Crippen molar-refractivity contribution < 1.29 is 4.74 Å². The van der Waals surface area contributed by atoms with Crippen molar-refractivity contribution >= 4 is 16.8 Å². The van der Waals surface area contributed by atoms with Crippen molar-refractivity contribution in [2.75, 3.05) is 7.11 Å². The highest BCUT2D eigenvalue weighted by molar-refractivity contribution is 5.87. The van der Waals surface area contributed by atoms with Crippen LogP contribution >= 0.6 is 0 Å². The van der Waals surface area contributed by atoms with Crippen LogP contribution in [0.25, 0.3) is 10.9 Å². The molecule has 0 atom stereocenters. The van der Waals surface area contributed by atoms with Crippen molar-refractivity contribution in [3.8, 4) is 0 Å². The summed E-state index contributed by atoms with van der Waals surface area (Å²) >= 11 is 0. The molecule has 0 radical (unpaired) electrons. The quantitative estimate of drug-likeness (QED) is 0.551. The van der Waals surface area contributed by atoms with Crippen molar-refractivity contribution in [1.29, 1.82) is 5.41 Å². The monoisotopic (exact) mass is 188 g/mol. The summed E-state index contributed by atoms with van der Waals surface area (Å²) < 4.78 is 4.84. The van der Waals surface area contributed by atoms with Crippen molar-refractivity contribution in [1.82, 2.24) is 4.98 Å². The fraction of sp³-hybridized carbons (Fsp3) is 0.182. The van der Waals surface area contributed by atoms with Gasteiger partial charge in [0.05, 0.1) is 13.5 Å². The Morgan fingerprint density at radius 2 is 2.21 bits per heavy atom. The number of nitrogens with one attached hydrogen (secondary N) is 2. The van der Waals surface area contributed by atoms with E-state index in [4.69, 9.17) is 10.1 Å². The molecule has 14 heavy (non-hydrogen) atoms. The number of H-pyrrole nitrogens is 1. The molecule has 1 aromatic heterocycles. The first-order chi connectivity index (χ1) is 6.81. The van der Waals surface area contributed by atoms with Gasteiger partial charge in [-0.3, -0.25) is 5.41 Å². The van der Waals surface area contributed by atoms with Crippen LogP contribution in [0.5, 0.6) is 0 Å². The summed E-state index contributed by atoms with van der Waals surface area (Å²) in [7, 11) is 1.52. The molecule has 2 aromatic rings. The number of methoxy groups -OCH3 is 1. The van der Waals surface area contributed by atoms with Gasteiger partial charge in [0.2, 0.25) is 0 Å². The molecule has 0 aliphatic carbocycles. The van der Waals surface area contributed by atoms with Crippen molar-refractivity contribution in [3.63, 3.8) is 0 Å². The average molecular weight is 188 g/mol. The highest BCUT2D eigenvalue weighted by Gasteiger charge is 2.05. The molecule has 2 N–H and O–H groups in total. The number of hydrogen-bond acceptors (Lipinski definition) is 2. The topological polar surface area (TPSA) is 48.9 Å². The SMILES string of the molecule is COC(=N)Cc1c[nH]c2ccccc12. The predicted octanol–water partition coefficient (Wildman–Crippen LogP) is 2.33. The molecule has 0 saturated heterocycles. The van der Waals surface area contributed by atoms with Gasteiger partial charge in [-0.2, -0.15) is 0 Å². The minimum atomic E-state index is 0.287. The highest BCUT2D eigenvalue weighted by atomic mass is 16.5. The number of fused-ring (bicyclic) bond motifs is 1. The molecule has 1 heterocycles. The summed E-state index contributed by atoms with van der Waals surface area (Å²) in [6, 6.07) is 8.06. The Morgan fingerprint density at radius 1 is 1.43 bits per heavy atom. The van der Waals surface area contributed by atoms with E-state index in [1.54, 1.807) is 0 Å². The fourth-order valence-corrected chi connectivity index (χ4v) is 1.52. The van der Waals surface area contributed by atoms with Crippen LogP contribution in [-0.4, -0.2) is 18.0 Å². The van der Waals surface area contributed by atoms with Crippen LogP contribution in [0.1, 0.15) is 5.56 Å². The van der Waals surface area contributed by atoms with Crippen molar-refractivity contribution in [2.45, 2.75) is 6.42 Å². The molecule has 0 saturated carbocycles. The van der Waals surface area contributed by atoms with Crippen LogP contribution in [0, 0.1) is 5.41 Å². The van der Waals surface area contributed by atoms with E-state index in [0.717, 1.165) is 16.5 Å². The Morgan fingerprint density at radius 3 is 3.00 bits per heavy atom. The van der Waals surface area contributed by atoms with Crippen LogP contribution < -0.4 is 0 Å². The second kappa shape index (κ2) is 3.54. The van der Waals surface area contributed by atoms with E-state index in [0.29, 0.717) is 6.42 Å². The van der Waals surface area contributed by atoms with E-state index in [2.05, 4.69) is 4.98 Å². The van der Waals surface area contributed by atoms with E-state index in [-0.39, 0.29) is 5.90 Å². The molecule has 0 spiro atoms. The van der Waals surface area contributed by atoms with Crippen molar-refractivity contribution in [3.05, 3.63) is 36.0 Å². The standard InChI is InChI=1S/C11H12N2O/c1-14-11(12)6-8-7-13-10-5-3-2-4-9(8)10/h2-5,7,12-13H,6H2,1H3. The fourth-order valence-electron chi connectivity index (χ4n) is 1.52. The number of aromatic nitrogens is 1. The molecular weight excluding hydrogens is 176 g/mol. The molecule has 0 fully saturated rings. The molecule has 0 amide bonds. The summed E-state index contributed by atoms with van der Waals surface area (Å²) in [5.41, 5.74) is 2.21. The van der Waals surface area contributed by atoms with E-state index in [1.807, 2.05) is 30.5 Å². The molecular formula is C11H12N2O. The van der Waals surface area contributed by atoms with Gasteiger partial charge in [-0.1, -0.05) is 18.2 Å². The summed E-state index contributed by atoms with van der Waals surface area (Å²) in [6.07, 6.45) is 2.47. The molecule has 2 rings (SSSR count). The molecule has 0 unspecified atom stereocenters. The third-order valence-corrected chi connectivity index (χ3v) is 2.27. The lowest BCUT2D eigenvalue weighted by atomic mass is 10.1. The zero-order chi connectivity index (χ0) is 9.97. The lowest BCUT2D eigenvalue weighted by Crippen LogP contribution is -2.02. The lowest BCUT2D eigenvalue weighted by Gasteiger charge is -2.00. The molecule has 3 heteroatoms. The summed E-state index contributed by atoms with van der Waals surface area (Å²) in [5.74, 6) is 0.287. The first kappa shape index (κ1) is 8.81. The highest BCUT2D eigenvalue weighted by Crippen LogP contribution is 2.18. The number of para-hydroxylation sites is 1. The van der Waals surface area contributed by atoms with Gasteiger partial charge in [0.15, 0.2) is 5.90 Å². The van der Waals surface area contributed by atoms with Gasteiger partial charge >= 0.3 is 0 Å². The van der Waals surface area contributed by atoms with Gasteiger partial charge in [-0.05, 0) is 11.6 Å². The van der Waals surface area contributed by atoms with E-state index in [9.17, 15) is 0 Å². The summed E-state index contributed by atoms with van der Waals surface area (Å²) in [6.45, 7) is 0. The number of benzene rings is 1. The number of hydrogen-bond donors (Lipinski definition) is 2. The molecule has 1 aromatic carbocycles. The van der Waals surface area contributed by atoms with E-state index >= 15 is 0 Å². The maximum absolute atomic E-state index is 7.45. The molecule has 0 aliphatic rings. The summed E-state index contributed by atoms with van der Waals surface area (Å²) in [4.78, 5) is 3.17. The van der Waals surface area contributed by atoms with Crippen LogP contribution in [0.15, 0.2) is 30.5 Å². The number of aromatic amines is 1. The van der Waals surface area contributed by atoms with Crippen LogP contribution in [0.2, 0.25) is 0 Å². The second-order valence-electron chi connectivity index (χ2n) is 3.16. The first-order valence-corrected chi connectivity index (χ1v) is 4.47. The third kappa shape index (κ3) is 1.48. The average Bonchev–Trinajstić information content (AvgIpc) is 2.62. The van der Waals surface area contributed by atoms with Crippen LogP contribution in [-0.2, 0) is 11.2 Å². The zero-order valence-corrected chi connectivity index (χ0v) is 8.00. The summed E-state index contributed by atoms with van der Waals surface area (Å²) in [5, 5.41) is 8.61. The Balaban J connectivity index is 2.38. The number of ether oxygens (including phenoxy) is 1. The molecule has 0 bridgehead atoms. The van der Waals surface area contributed by atoms with Crippen LogP contribution in [0.4, 0.5) is 0 Å². The smallest absolute Gasteiger partial charge is 0.184 e. The van der Waals surface area contributed by atoms with Crippen LogP contribution in [0.3, 0.4) is 0 Å². The molecule has 72 valence electrons. The molecule has 0 aliphatic heterocycles. The van der Waals surface area contributed by atoms with Gasteiger partial charge in [0.1, 0.15) is 0 Å². The molecule has 3 nitrogen and oxygen atoms in total. The Bertz CT molecular complexity index is 459. The minimum absolute atomic E-state index is 0.287. The van der Waals surface area contributed by atoms with Crippen molar-refractivity contribution in [2.24, 2.45) is 0 Å². The second-order valence-corrected chi connectivity index (χ2v) is 3.16. The third-order valence-electron chi connectivity index (χ3n) is 2.27. The van der Waals surface area contributed by atoms with E-state index in [1.165, 1.54) is 7.11 Å². The van der Waals surface area contributed by atoms with E-state index < -0.39 is 0 Å². The minimum Gasteiger partial charge on any atom is -0.484 e. The Kier molecular flexibility index (Phi) is 2.23. The van der Waals surface area contributed by atoms with Gasteiger partial charge in [0, 0.05) is 17.1 Å². The maximum Gasteiger partial charge on any atom is 0.184 e. The Hall–Kier alpha value is -1.77. The normalized spacial score (nSPS) is 10.4. The zero-order valence-electron chi connectivity index (χ0n) is 8.00. The van der Waals surface area contributed by atoms with Gasteiger partial charge in [0.25, 0.3) is 0 Å². The maximum atomic E-state index is 7.45. The van der Waals surface area contributed by atoms with Gasteiger partial charge in [-0.25, -0.2) is 0 Å². The Labute approximate surface area is 82.2 Å². The first-order valence-electron chi connectivity index (χ1n) is 4.47. The number of rotatable bonds is 2. The van der Waals surface area contributed by atoms with Gasteiger partial charge < -0.3 is 9.72 Å².